The van der Waals surface area contributed by atoms with Crippen LogP contribution in [-0.2, 0) is 17.1 Å². The molecule has 2 aromatic rings. The topological polar surface area (TPSA) is 38.3 Å². The minimum Gasteiger partial charge on any atom is -0.496 e. The Balaban J connectivity index is 1.85. The zero-order valence-electron chi connectivity index (χ0n) is 14.1. The summed E-state index contributed by atoms with van der Waals surface area (Å²) in [6.45, 7) is 4.38. The average molecular weight is 347 g/mol. The number of halogens is 1. The Morgan fingerprint density at radius 3 is 2.62 bits per heavy atom. The third kappa shape index (κ3) is 5.27. The predicted octanol–water partition coefficient (Wildman–Crippen LogP) is 4.08. The molecule has 3 nitrogen and oxygen atoms in total. The van der Waals surface area contributed by atoms with E-state index >= 15 is 0 Å². The molecule has 0 aromatic heterocycles. The van der Waals surface area contributed by atoms with Crippen LogP contribution in [0.25, 0.3) is 0 Å². The largest absolute Gasteiger partial charge is 0.496 e. The first-order valence-corrected chi connectivity index (χ1v) is 8.81. The van der Waals surface area contributed by atoms with Crippen molar-refractivity contribution >= 4 is 17.7 Å². The molecular formula is C19H22FNO2S. The van der Waals surface area contributed by atoms with E-state index in [0.29, 0.717) is 18.0 Å². The molecule has 1 amide bonds. The zero-order valence-corrected chi connectivity index (χ0v) is 15.0. The minimum atomic E-state index is -0.303. The number of hydrogen-bond donors (Lipinski definition) is 1. The minimum absolute atomic E-state index is 0.0315. The number of carbonyl (C=O) groups is 1. The van der Waals surface area contributed by atoms with E-state index in [-0.39, 0.29) is 17.0 Å². The molecule has 0 aliphatic heterocycles. The van der Waals surface area contributed by atoms with Crippen molar-refractivity contribution in [1.82, 2.24) is 5.32 Å². The van der Waals surface area contributed by atoms with E-state index in [0.717, 1.165) is 11.1 Å². The number of aryl methyl sites for hydroxylation is 1. The Morgan fingerprint density at radius 1 is 1.25 bits per heavy atom. The number of carbonyl (C=O) groups excluding carboxylic acids is 1. The Kier molecular flexibility index (Phi) is 6.67. The molecule has 24 heavy (non-hydrogen) atoms. The Labute approximate surface area is 146 Å². The second-order valence-electron chi connectivity index (χ2n) is 5.61. The van der Waals surface area contributed by atoms with Crippen molar-refractivity contribution < 1.29 is 13.9 Å². The normalized spacial score (nSPS) is 11.8. The molecule has 0 aliphatic carbocycles. The molecule has 0 saturated heterocycles. The van der Waals surface area contributed by atoms with Crippen molar-refractivity contribution in [3.8, 4) is 5.75 Å². The summed E-state index contributed by atoms with van der Waals surface area (Å²) in [5.41, 5.74) is 3.01. The van der Waals surface area contributed by atoms with E-state index < -0.39 is 0 Å². The number of hydrogen-bond acceptors (Lipinski definition) is 3. The lowest BCUT2D eigenvalue weighted by atomic mass is 10.1. The molecule has 0 fully saturated rings. The molecule has 0 spiro atoms. The first-order chi connectivity index (χ1) is 11.5. The maximum Gasteiger partial charge on any atom is 0.233 e. The van der Waals surface area contributed by atoms with E-state index in [1.807, 2.05) is 38.1 Å². The number of thioether (sulfide) groups is 1. The van der Waals surface area contributed by atoms with Gasteiger partial charge in [-0.1, -0.05) is 29.8 Å². The highest BCUT2D eigenvalue weighted by atomic mass is 32.2. The van der Waals surface area contributed by atoms with Gasteiger partial charge in [0.25, 0.3) is 0 Å². The van der Waals surface area contributed by atoms with Crippen LogP contribution >= 0.6 is 11.8 Å². The van der Waals surface area contributed by atoms with Gasteiger partial charge < -0.3 is 10.1 Å². The highest BCUT2D eigenvalue weighted by Gasteiger charge is 2.14. The molecule has 0 heterocycles. The maximum atomic E-state index is 13.4. The monoisotopic (exact) mass is 347 g/mol. The van der Waals surface area contributed by atoms with Gasteiger partial charge in [-0.3, -0.25) is 4.79 Å². The van der Waals surface area contributed by atoms with Crippen LogP contribution in [0.1, 0.15) is 23.6 Å². The highest BCUT2D eigenvalue weighted by molar-refractivity contribution is 7.99. The van der Waals surface area contributed by atoms with Gasteiger partial charge in [-0.15, -0.1) is 11.8 Å². The molecule has 0 saturated carbocycles. The van der Waals surface area contributed by atoms with Crippen LogP contribution in [-0.4, -0.2) is 18.3 Å². The molecule has 2 aromatic carbocycles. The van der Waals surface area contributed by atoms with E-state index in [9.17, 15) is 9.18 Å². The third-order valence-electron chi connectivity index (χ3n) is 3.69. The lowest BCUT2D eigenvalue weighted by Gasteiger charge is -2.14. The zero-order chi connectivity index (χ0) is 17.5. The van der Waals surface area contributed by atoms with Crippen LogP contribution in [0, 0.1) is 12.7 Å². The summed E-state index contributed by atoms with van der Waals surface area (Å²) in [4.78, 5) is 12.2. The van der Waals surface area contributed by atoms with Crippen molar-refractivity contribution in [3.63, 3.8) is 0 Å². The van der Waals surface area contributed by atoms with Gasteiger partial charge >= 0.3 is 0 Å². The van der Waals surface area contributed by atoms with Crippen LogP contribution in [0.3, 0.4) is 0 Å². The van der Waals surface area contributed by atoms with E-state index in [1.54, 1.807) is 13.2 Å². The van der Waals surface area contributed by atoms with Gasteiger partial charge in [-0.25, -0.2) is 4.39 Å². The van der Waals surface area contributed by atoms with Crippen LogP contribution in [0.15, 0.2) is 42.5 Å². The quantitative estimate of drug-likeness (QED) is 0.820. The van der Waals surface area contributed by atoms with Gasteiger partial charge in [-0.05, 0) is 37.6 Å². The summed E-state index contributed by atoms with van der Waals surface area (Å²) in [5, 5.41) is 2.70. The molecule has 5 heteroatoms. The molecule has 0 bridgehead atoms. The third-order valence-corrected chi connectivity index (χ3v) is 4.88. The fraction of sp³-hybridized carbons (Fsp3) is 0.316. The summed E-state index contributed by atoms with van der Waals surface area (Å²) in [5.74, 6) is 0.815. The first-order valence-electron chi connectivity index (χ1n) is 7.77. The Hall–Kier alpha value is -2.01. The van der Waals surface area contributed by atoms with Crippen molar-refractivity contribution in [2.24, 2.45) is 0 Å². The number of ether oxygens (including phenoxy) is 1. The highest BCUT2D eigenvalue weighted by Crippen LogP contribution is 2.26. The SMILES string of the molecule is COc1ccc(F)cc1CSC(C)C(=O)NCc1ccc(C)cc1. The molecule has 128 valence electrons. The van der Waals surface area contributed by atoms with Crippen molar-refractivity contribution in [2.45, 2.75) is 31.4 Å². The van der Waals surface area contributed by atoms with E-state index in [2.05, 4.69) is 5.32 Å². The van der Waals surface area contributed by atoms with Crippen LogP contribution in [0.4, 0.5) is 4.39 Å². The summed E-state index contributed by atoms with van der Waals surface area (Å²) >= 11 is 1.45. The molecule has 1 unspecified atom stereocenters. The van der Waals surface area contributed by atoms with Crippen LogP contribution in [0.5, 0.6) is 5.75 Å². The van der Waals surface area contributed by atoms with Crippen molar-refractivity contribution in [3.05, 3.63) is 65.0 Å². The van der Waals surface area contributed by atoms with Gasteiger partial charge in [0.2, 0.25) is 5.91 Å². The van der Waals surface area contributed by atoms with Gasteiger partial charge in [0.15, 0.2) is 0 Å². The smallest absolute Gasteiger partial charge is 0.233 e. The number of nitrogens with one attached hydrogen (secondary N) is 1. The number of benzene rings is 2. The maximum absolute atomic E-state index is 13.4. The van der Waals surface area contributed by atoms with E-state index in [4.69, 9.17) is 4.74 Å². The molecule has 1 N–H and O–H groups in total. The number of amides is 1. The fourth-order valence-electron chi connectivity index (χ4n) is 2.19. The fourth-order valence-corrected chi connectivity index (χ4v) is 3.08. The molecule has 0 radical (unpaired) electrons. The Bertz CT molecular complexity index is 688. The van der Waals surface area contributed by atoms with Gasteiger partial charge in [-0.2, -0.15) is 0 Å². The summed E-state index contributed by atoms with van der Waals surface area (Å²) in [6, 6.07) is 12.5. The van der Waals surface area contributed by atoms with Gasteiger partial charge in [0.1, 0.15) is 11.6 Å². The lowest BCUT2D eigenvalue weighted by molar-refractivity contribution is -0.120. The second kappa shape index (κ2) is 8.73. The van der Waals surface area contributed by atoms with E-state index in [1.165, 1.54) is 29.5 Å². The molecule has 0 aliphatic rings. The average Bonchev–Trinajstić information content (AvgIpc) is 2.59. The molecular weight excluding hydrogens is 325 g/mol. The standard InChI is InChI=1S/C19H22FNO2S/c1-13-4-6-15(7-5-13)11-21-19(22)14(2)24-12-16-10-17(20)8-9-18(16)23-3/h4-10,14H,11-12H2,1-3H3,(H,21,22). The predicted molar refractivity (Wildman–Crippen MR) is 96.7 cm³/mol. The molecule has 1 atom stereocenters. The summed E-state index contributed by atoms with van der Waals surface area (Å²) < 4.78 is 18.6. The van der Waals surface area contributed by atoms with Gasteiger partial charge in [0.05, 0.1) is 12.4 Å². The molecule has 2 rings (SSSR count). The van der Waals surface area contributed by atoms with Crippen molar-refractivity contribution in [1.29, 1.82) is 0 Å². The lowest BCUT2D eigenvalue weighted by Crippen LogP contribution is -2.30. The second-order valence-corrected chi connectivity index (χ2v) is 6.94. The Morgan fingerprint density at radius 2 is 1.96 bits per heavy atom. The van der Waals surface area contributed by atoms with Crippen molar-refractivity contribution in [2.75, 3.05) is 7.11 Å². The van der Waals surface area contributed by atoms with Gasteiger partial charge in [0, 0.05) is 17.9 Å². The summed E-state index contributed by atoms with van der Waals surface area (Å²) in [6.07, 6.45) is 0. The number of methoxy groups -OCH3 is 1. The summed E-state index contributed by atoms with van der Waals surface area (Å²) in [7, 11) is 1.55. The first kappa shape index (κ1) is 18.3. The van der Waals surface area contributed by atoms with Crippen LogP contribution < -0.4 is 10.1 Å². The number of rotatable bonds is 7. The van der Waals surface area contributed by atoms with Crippen LogP contribution in [0.2, 0.25) is 0 Å².